The van der Waals surface area contributed by atoms with E-state index in [0.29, 0.717) is 18.6 Å². The standard InChI is InChI=1S/C14H15NO4/c16-8-15(11-2-3-11)13(14(17)18)10-1-4-12-9(7-10)5-6-19-12/h1,4,7-8,11,13H,2-3,5-6H2,(H,17,18). The fourth-order valence-electron chi connectivity index (χ4n) is 2.55. The van der Waals surface area contributed by atoms with Crippen LogP contribution >= 0.6 is 0 Å². The summed E-state index contributed by atoms with van der Waals surface area (Å²) in [6.45, 7) is 0.635. The average Bonchev–Trinajstić information content (AvgIpc) is 3.12. The number of rotatable bonds is 5. The Balaban J connectivity index is 1.95. The van der Waals surface area contributed by atoms with Crippen LogP contribution in [0.2, 0.25) is 0 Å². The maximum atomic E-state index is 11.5. The lowest BCUT2D eigenvalue weighted by atomic mass is 10.0. The number of amides is 1. The highest BCUT2D eigenvalue weighted by Gasteiger charge is 2.37. The van der Waals surface area contributed by atoms with Crippen molar-refractivity contribution in [2.24, 2.45) is 0 Å². The third kappa shape index (κ3) is 2.16. The average molecular weight is 261 g/mol. The van der Waals surface area contributed by atoms with E-state index < -0.39 is 12.0 Å². The second kappa shape index (κ2) is 4.57. The molecule has 0 spiro atoms. The molecule has 2 aliphatic rings. The Morgan fingerprint density at radius 2 is 2.26 bits per heavy atom. The molecule has 1 unspecified atom stereocenters. The van der Waals surface area contributed by atoms with Gasteiger partial charge in [-0.05, 0) is 36.1 Å². The van der Waals surface area contributed by atoms with Crippen LogP contribution in [0.5, 0.6) is 5.75 Å². The third-order valence-electron chi connectivity index (χ3n) is 3.65. The Hall–Kier alpha value is -2.04. The van der Waals surface area contributed by atoms with Crippen molar-refractivity contribution < 1.29 is 19.4 Å². The molecule has 5 nitrogen and oxygen atoms in total. The van der Waals surface area contributed by atoms with Gasteiger partial charge in [-0.3, -0.25) is 4.79 Å². The summed E-state index contributed by atoms with van der Waals surface area (Å²) in [5.74, 6) is -0.171. The Labute approximate surface area is 110 Å². The van der Waals surface area contributed by atoms with E-state index in [1.54, 1.807) is 12.1 Å². The molecule has 0 aromatic heterocycles. The number of carboxylic acid groups (broad SMARTS) is 1. The Morgan fingerprint density at radius 3 is 2.89 bits per heavy atom. The number of hydrogen-bond acceptors (Lipinski definition) is 3. The van der Waals surface area contributed by atoms with E-state index in [0.717, 1.165) is 30.6 Å². The number of carbonyl (C=O) groups excluding carboxylic acids is 1. The van der Waals surface area contributed by atoms with Crippen LogP contribution < -0.4 is 4.74 Å². The van der Waals surface area contributed by atoms with Crippen LogP contribution in [-0.2, 0) is 16.0 Å². The van der Waals surface area contributed by atoms with Crippen molar-refractivity contribution in [2.45, 2.75) is 31.3 Å². The predicted molar refractivity (Wildman–Crippen MR) is 66.9 cm³/mol. The second-order valence-electron chi connectivity index (χ2n) is 4.99. The molecule has 1 aromatic carbocycles. The number of ether oxygens (including phenoxy) is 1. The maximum absolute atomic E-state index is 11.5. The molecule has 1 N–H and O–H groups in total. The monoisotopic (exact) mass is 261 g/mol. The van der Waals surface area contributed by atoms with E-state index in [1.165, 1.54) is 4.90 Å². The molecule has 1 aromatic rings. The number of hydrogen-bond donors (Lipinski definition) is 1. The molecule has 0 bridgehead atoms. The largest absolute Gasteiger partial charge is 0.493 e. The molecule has 1 amide bonds. The zero-order chi connectivity index (χ0) is 13.4. The Kier molecular flexibility index (Phi) is 2.89. The van der Waals surface area contributed by atoms with Crippen molar-refractivity contribution in [1.29, 1.82) is 0 Å². The van der Waals surface area contributed by atoms with Crippen LogP contribution in [0.25, 0.3) is 0 Å². The summed E-state index contributed by atoms with van der Waals surface area (Å²) in [5, 5.41) is 9.42. The molecule has 0 saturated heterocycles. The zero-order valence-corrected chi connectivity index (χ0v) is 10.4. The van der Waals surface area contributed by atoms with Crippen LogP contribution in [0, 0.1) is 0 Å². The minimum Gasteiger partial charge on any atom is -0.493 e. The SMILES string of the molecule is O=CN(C1CC1)C(C(=O)O)c1ccc2c(c1)CCO2. The van der Waals surface area contributed by atoms with Crippen LogP contribution in [-0.4, -0.2) is 35.0 Å². The molecule has 19 heavy (non-hydrogen) atoms. The van der Waals surface area contributed by atoms with Gasteiger partial charge < -0.3 is 14.7 Å². The zero-order valence-electron chi connectivity index (χ0n) is 10.4. The van der Waals surface area contributed by atoms with Crippen molar-refractivity contribution in [3.63, 3.8) is 0 Å². The minimum absolute atomic E-state index is 0.0723. The van der Waals surface area contributed by atoms with Gasteiger partial charge >= 0.3 is 5.97 Å². The van der Waals surface area contributed by atoms with E-state index in [4.69, 9.17) is 4.74 Å². The van der Waals surface area contributed by atoms with E-state index in [9.17, 15) is 14.7 Å². The first-order chi connectivity index (χ1) is 9.20. The van der Waals surface area contributed by atoms with Gasteiger partial charge in [-0.1, -0.05) is 6.07 Å². The van der Waals surface area contributed by atoms with Gasteiger partial charge in [0.2, 0.25) is 6.41 Å². The number of benzene rings is 1. The summed E-state index contributed by atoms with van der Waals surface area (Å²) in [7, 11) is 0. The number of carbonyl (C=O) groups is 2. The van der Waals surface area contributed by atoms with Gasteiger partial charge in [-0.2, -0.15) is 0 Å². The molecular formula is C14H15NO4. The summed E-state index contributed by atoms with van der Waals surface area (Å²) >= 11 is 0. The van der Waals surface area contributed by atoms with Gasteiger partial charge in [-0.25, -0.2) is 4.79 Å². The van der Waals surface area contributed by atoms with Gasteiger partial charge in [-0.15, -0.1) is 0 Å². The maximum Gasteiger partial charge on any atom is 0.331 e. The first-order valence-electron chi connectivity index (χ1n) is 6.42. The Bertz CT molecular complexity index is 524. The summed E-state index contributed by atoms with van der Waals surface area (Å²) in [4.78, 5) is 24.1. The van der Waals surface area contributed by atoms with Gasteiger partial charge in [0.1, 0.15) is 5.75 Å². The number of aliphatic carboxylic acids is 1. The first kappa shape index (κ1) is 12.0. The van der Waals surface area contributed by atoms with E-state index in [1.807, 2.05) is 6.07 Å². The fraction of sp³-hybridized carbons (Fsp3) is 0.429. The lowest BCUT2D eigenvalue weighted by Gasteiger charge is -2.25. The number of nitrogens with zero attached hydrogens (tertiary/aromatic N) is 1. The molecule has 1 aliphatic carbocycles. The number of fused-ring (bicyclic) bond motifs is 1. The molecular weight excluding hydrogens is 246 g/mol. The van der Waals surface area contributed by atoms with Crippen LogP contribution in [0.15, 0.2) is 18.2 Å². The highest BCUT2D eigenvalue weighted by molar-refractivity contribution is 5.78. The minimum atomic E-state index is -0.988. The van der Waals surface area contributed by atoms with Crippen LogP contribution in [0.4, 0.5) is 0 Å². The summed E-state index contributed by atoms with van der Waals surface area (Å²) in [5.41, 5.74) is 1.67. The van der Waals surface area contributed by atoms with Crippen molar-refractivity contribution in [2.75, 3.05) is 6.61 Å². The molecule has 3 rings (SSSR count). The van der Waals surface area contributed by atoms with Crippen molar-refractivity contribution in [3.8, 4) is 5.75 Å². The summed E-state index contributed by atoms with van der Waals surface area (Å²) in [6, 6.07) is 4.56. The quantitative estimate of drug-likeness (QED) is 0.813. The highest BCUT2D eigenvalue weighted by Crippen LogP contribution is 2.35. The predicted octanol–water partition coefficient (Wildman–Crippen LogP) is 1.37. The first-order valence-corrected chi connectivity index (χ1v) is 6.42. The second-order valence-corrected chi connectivity index (χ2v) is 4.99. The van der Waals surface area contributed by atoms with Crippen molar-refractivity contribution in [1.82, 2.24) is 4.90 Å². The van der Waals surface area contributed by atoms with Gasteiger partial charge in [0.25, 0.3) is 0 Å². The van der Waals surface area contributed by atoms with Crippen molar-refractivity contribution in [3.05, 3.63) is 29.3 Å². The smallest absolute Gasteiger partial charge is 0.331 e. The fourth-order valence-corrected chi connectivity index (χ4v) is 2.55. The van der Waals surface area contributed by atoms with E-state index in [-0.39, 0.29) is 6.04 Å². The molecule has 1 aliphatic heterocycles. The summed E-state index contributed by atoms with van der Waals surface area (Å²) in [6.07, 6.45) is 3.22. The molecule has 0 radical (unpaired) electrons. The molecule has 100 valence electrons. The van der Waals surface area contributed by atoms with Gasteiger partial charge in [0.15, 0.2) is 6.04 Å². The molecule has 1 atom stereocenters. The highest BCUT2D eigenvalue weighted by atomic mass is 16.5. The van der Waals surface area contributed by atoms with E-state index in [2.05, 4.69) is 0 Å². The Morgan fingerprint density at radius 1 is 1.47 bits per heavy atom. The number of carboxylic acids is 1. The molecule has 1 fully saturated rings. The summed E-state index contributed by atoms with van der Waals surface area (Å²) < 4.78 is 5.41. The van der Waals surface area contributed by atoms with Gasteiger partial charge in [0, 0.05) is 12.5 Å². The molecule has 1 saturated carbocycles. The normalized spacial score (nSPS) is 18.3. The van der Waals surface area contributed by atoms with Crippen molar-refractivity contribution >= 4 is 12.4 Å². The molecule has 5 heteroatoms. The van der Waals surface area contributed by atoms with Gasteiger partial charge in [0.05, 0.1) is 6.61 Å². The van der Waals surface area contributed by atoms with Crippen LogP contribution in [0.3, 0.4) is 0 Å². The molecule has 1 heterocycles. The topological polar surface area (TPSA) is 66.8 Å². The van der Waals surface area contributed by atoms with E-state index >= 15 is 0 Å². The lowest BCUT2D eigenvalue weighted by molar-refractivity contribution is -0.147. The third-order valence-corrected chi connectivity index (χ3v) is 3.65. The van der Waals surface area contributed by atoms with Crippen LogP contribution in [0.1, 0.15) is 30.0 Å². The lowest BCUT2D eigenvalue weighted by Crippen LogP contribution is -2.34.